The molecule has 0 radical (unpaired) electrons. The molecule has 1 heterocycles. The van der Waals surface area contributed by atoms with Crippen molar-refractivity contribution in [1.82, 2.24) is 0 Å². The number of carbonyl (C=O) groups is 1. The summed E-state index contributed by atoms with van der Waals surface area (Å²) in [5, 5.41) is 13.4. The highest BCUT2D eigenvalue weighted by atomic mass is 35.5. The summed E-state index contributed by atoms with van der Waals surface area (Å²) in [5.41, 5.74) is 1.90. The second kappa shape index (κ2) is 6.29. The number of thiophene rings is 1. The minimum atomic E-state index is -0.384. The monoisotopic (exact) mass is 350 g/mol. The molecular weight excluding hydrogens is 339 g/mol. The summed E-state index contributed by atoms with van der Waals surface area (Å²) in [4.78, 5) is 13.7. The van der Waals surface area contributed by atoms with Gasteiger partial charge in [0, 0.05) is 4.88 Å². The Hall–Kier alpha value is -1.54. The third-order valence-corrected chi connectivity index (χ3v) is 5.54. The number of nitrogens with one attached hydrogen (secondary N) is 1. The van der Waals surface area contributed by atoms with E-state index < -0.39 is 0 Å². The lowest BCUT2D eigenvalue weighted by Crippen LogP contribution is -2.13. The van der Waals surface area contributed by atoms with Gasteiger partial charge in [-0.15, -0.1) is 11.3 Å². The molecule has 0 saturated carbocycles. The third kappa shape index (κ3) is 2.72. The van der Waals surface area contributed by atoms with Gasteiger partial charge in [0.05, 0.1) is 21.2 Å². The molecule has 0 spiro atoms. The van der Waals surface area contributed by atoms with E-state index in [-0.39, 0.29) is 11.5 Å². The quantitative estimate of drug-likeness (QED) is 0.822. The molecule has 112 valence electrons. The second-order valence-corrected chi connectivity index (χ2v) is 7.00. The van der Waals surface area contributed by atoms with Crippen LogP contribution in [0.15, 0.2) is 18.2 Å². The molecule has 1 aromatic heterocycles. The van der Waals surface area contributed by atoms with Crippen molar-refractivity contribution in [1.29, 1.82) is 5.26 Å². The van der Waals surface area contributed by atoms with Crippen LogP contribution in [0.5, 0.6) is 0 Å². The molecule has 1 aliphatic carbocycles. The zero-order valence-electron chi connectivity index (χ0n) is 11.6. The summed E-state index contributed by atoms with van der Waals surface area (Å²) >= 11 is 13.6. The lowest BCUT2D eigenvalue weighted by atomic mass is 9.96. The summed E-state index contributed by atoms with van der Waals surface area (Å²) in [5.74, 6) is -0.384. The first-order valence-electron chi connectivity index (χ1n) is 6.92. The average molecular weight is 351 g/mol. The molecule has 22 heavy (non-hydrogen) atoms. The Morgan fingerprint density at radius 1 is 1.23 bits per heavy atom. The van der Waals surface area contributed by atoms with Gasteiger partial charge in [-0.25, -0.2) is 0 Å². The zero-order chi connectivity index (χ0) is 15.7. The first-order chi connectivity index (χ1) is 10.6. The summed E-state index contributed by atoms with van der Waals surface area (Å²) in [6.45, 7) is 0. The smallest absolute Gasteiger partial charge is 0.259 e. The number of nitriles is 1. The van der Waals surface area contributed by atoms with Crippen LogP contribution in [0.1, 0.15) is 39.2 Å². The number of hydrogen-bond acceptors (Lipinski definition) is 3. The van der Waals surface area contributed by atoms with Gasteiger partial charge in [0.15, 0.2) is 0 Å². The number of carbonyl (C=O) groups excluding carboxylic acids is 1. The SMILES string of the molecule is N#Cc1c(NC(=O)c2c(Cl)cccc2Cl)sc2c1CCCC2. The lowest BCUT2D eigenvalue weighted by Gasteiger charge is -2.09. The van der Waals surface area contributed by atoms with Crippen molar-refractivity contribution < 1.29 is 4.79 Å². The number of anilines is 1. The van der Waals surface area contributed by atoms with Crippen LogP contribution in [-0.2, 0) is 12.8 Å². The topological polar surface area (TPSA) is 52.9 Å². The van der Waals surface area contributed by atoms with Crippen LogP contribution in [0.2, 0.25) is 10.0 Å². The molecule has 1 N–H and O–H groups in total. The average Bonchev–Trinajstić information content (AvgIpc) is 2.83. The van der Waals surface area contributed by atoms with Gasteiger partial charge in [-0.3, -0.25) is 4.79 Å². The molecule has 0 saturated heterocycles. The van der Waals surface area contributed by atoms with Crippen molar-refractivity contribution in [2.75, 3.05) is 5.32 Å². The number of aryl methyl sites for hydroxylation is 1. The molecule has 1 amide bonds. The first-order valence-corrected chi connectivity index (χ1v) is 8.49. The van der Waals surface area contributed by atoms with Gasteiger partial charge < -0.3 is 5.32 Å². The van der Waals surface area contributed by atoms with Crippen LogP contribution in [-0.4, -0.2) is 5.91 Å². The highest BCUT2D eigenvalue weighted by Gasteiger charge is 2.23. The molecule has 1 aromatic carbocycles. The van der Waals surface area contributed by atoms with E-state index in [2.05, 4.69) is 11.4 Å². The molecule has 1 aliphatic rings. The maximum Gasteiger partial charge on any atom is 0.259 e. The predicted octanol–water partition coefficient (Wildman–Crippen LogP) is 5.06. The largest absolute Gasteiger partial charge is 0.312 e. The fourth-order valence-electron chi connectivity index (χ4n) is 2.65. The molecule has 3 nitrogen and oxygen atoms in total. The van der Waals surface area contributed by atoms with Gasteiger partial charge >= 0.3 is 0 Å². The van der Waals surface area contributed by atoms with Gasteiger partial charge in [0.2, 0.25) is 0 Å². The van der Waals surface area contributed by atoms with Crippen LogP contribution < -0.4 is 5.32 Å². The van der Waals surface area contributed by atoms with Gasteiger partial charge in [0.25, 0.3) is 5.91 Å². The van der Waals surface area contributed by atoms with E-state index in [4.69, 9.17) is 23.2 Å². The number of halogens is 2. The molecule has 0 bridgehead atoms. The molecule has 0 fully saturated rings. The Bertz CT molecular complexity index is 772. The highest BCUT2D eigenvalue weighted by molar-refractivity contribution is 7.16. The van der Waals surface area contributed by atoms with Crippen molar-refractivity contribution in [3.8, 4) is 6.07 Å². The van der Waals surface area contributed by atoms with Crippen LogP contribution in [0.3, 0.4) is 0 Å². The summed E-state index contributed by atoms with van der Waals surface area (Å²) in [6.07, 6.45) is 4.08. The third-order valence-electron chi connectivity index (χ3n) is 3.70. The fraction of sp³-hybridized carbons (Fsp3) is 0.250. The van der Waals surface area contributed by atoms with E-state index in [9.17, 15) is 10.1 Å². The van der Waals surface area contributed by atoms with E-state index in [1.54, 1.807) is 18.2 Å². The maximum atomic E-state index is 12.5. The van der Waals surface area contributed by atoms with Gasteiger partial charge in [0.1, 0.15) is 11.1 Å². The van der Waals surface area contributed by atoms with E-state index in [1.165, 1.54) is 16.2 Å². The van der Waals surface area contributed by atoms with E-state index in [1.807, 2.05) is 0 Å². The minimum absolute atomic E-state index is 0.237. The highest BCUT2D eigenvalue weighted by Crippen LogP contribution is 2.38. The van der Waals surface area contributed by atoms with Crippen molar-refractivity contribution in [2.45, 2.75) is 25.7 Å². The maximum absolute atomic E-state index is 12.5. The molecule has 0 atom stereocenters. The normalized spacial score (nSPS) is 13.3. The molecule has 0 unspecified atom stereocenters. The summed E-state index contributed by atoms with van der Waals surface area (Å²) < 4.78 is 0. The number of benzene rings is 1. The molecule has 2 aromatic rings. The van der Waals surface area contributed by atoms with Crippen molar-refractivity contribution in [3.05, 3.63) is 49.8 Å². The summed E-state index contributed by atoms with van der Waals surface area (Å²) in [6, 6.07) is 7.14. The number of fused-ring (bicyclic) bond motifs is 1. The molecule has 6 heteroatoms. The first kappa shape index (κ1) is 15.4. The second-order valence-electron chi connectivity index (χ2n) is 5.08. The van der Waals surface area contributed by atoms with Crippen LogP contribution >= 0.6 is 34.5 Å². The van der Waals surface area contributed by atoms with E-state index in [0.29, 0.717) is 20.6 Å². The number of hydrogen-bond donors (Lipinski definition) is 1. The number of amides is 1. The lowest BCUT2D eigenvalue weighted by molar-refractivity contribution is 0.102. The van der Waals surface area contributed by atoms with Crippen LogP contribution in [0.25, 0.3) is 0 Å². The van der Waals surface area contributed by atoms with Crippen molar-refractivity contribution in [3.63, 3.8) is 0 Å². The van der Waals surface area contributed by atoms with Crippen LogP contribution in [0, 0.1) is 11.3 Å². The number of rotatable bonds is 2. The van der Waals surface area contributed by atoms with E-state index >= 15 is 0 Å². The van der Waals surface area contributed by atoms with Crippen molar-refractivity contribution >= 4 is 45.4 Å². The Labute approximate surface area is 142 Å². The minimum Gasteiger partial charge on any atom is -0.312 e. The molecular formula is C16H12Cl2N2OS. The molecule has 3 rings (SSSR count). The standard InChI is InChI=1S/C16H12Cl2N2OS/c17-11-5-3-6-12(18)14(11)15(21)20-16-10(8-19)9-4-1-2-7-13(9)22-16/h3,5-6H,1-2,4,7H2,(H,20,21). The Morgan fingerprint density at radius 3 is 2.59 bits per heavy atom. The zero-order valence-corrected chi connectivity index (χ0v) is 13.9. The Kier molecular flexibility index (Phi) is 4.39. The predicted molar refractivity (Wildman–Crippen MR) is 90.1 cm³/mol. The van der Waals surface area contributed by atoms with Crippen molar-refractivity contribution in [2.24, 2.45) is 0 Å². The van der Waals surface area contributed by atoms with Gasteiger partial charge in [-0.05, 0) is 43.4 Å². The Balaban J connectivity index is 1.95. The van der Waals surface area contributed by atoms with Gasteiger partial charge in [-0.2, -0.15) is 5.26 Å². The Morgan fingerprint density at radius 2 is 1.91 bits per heavy atom. The summed E-state index contributed by atoms with van der Waals surface area (Å²) in [7, 11) is 0. The molecule has 0 aliphatic heterocycles. The number of nitrogens with zero attached hydrogens (tertiary/aromatic N) is 1. The van der Waals surface area contributed by atoms with Crippen LogP contribution in [0.4, 0.5) is 5.00 Å². The fourth-order valence-corrected chi connectivity index (χ4v) is 4.46. The van der Waals surface area contributed by atoms with E-state index in [0.717, 1.165) is 31.2 Å². The van der Waals surface area contributed by atoms with Gasteiger partial charge in [-0.1, -0.05) is 29.3 Å².